The number of allylic oxidation sites excluding steroid dienone is 2. The van der Waals surface area contributed by atoms with Gasteiger partial charge in [0.1, 0.15) is 0 Å². The summed E-state index contributed by atoms with van der Waals surface area (Å²) in [6.07, 6.45) is 5.03. The molecule has 1 fully saturated rings. The average molecular weight is 192 g/mol. The summed E-state index contributed by atoms with van der Waals surface area (Å²) in [5.74, 6) is 0. The third-order valence-electron chi connectivity index (χ3n) is 2.71. The van der Waals surface area contributed by atoms with Gasteiger partial charge >= 0.3 is 0 Å². The minimum absolute atomic E-state index is 0.608. The van der Waals surface area contributed by atoms with Crippen LogP contribution < -0.4 is 0 Å². The van der Waals surface area contributed by atoms with E-state index in [0.29, 0.717) is 6.04 Å². The van der Waals surface area contributed by atoms with E-state index in [-0.39, 0.29) is 0 Å². The first-order valence-electron chi connectivity index (χ1n) is 5.20. The first-order chi connectivity index (χ1) is 6.69. The van der Waals surface area contributed by atoms with Crippen molar-refractivity contribution < 1.29 is 0 Å². The first kappa shape index (κ1) is 11.2. The minimum Gasteiger partial charge on any atom is -0.295 e. The van der Waals surface area contributed by atoms with Crippen molar-refractivity contribution in [1.82, 2.24) is 4.90 Å². The fraction of sp³-hybridized carbons (Fsp3) is 0.583. The topological polar surface area (TPSA) is 15.6 Å². The van der Waals surface area contributed by atoms with Gasteiger partial charge in [0.05, 0.1) is 5.71 Å². The second-order valence-electron chi connectivity index (χ2n) is 3.91. The van der Waals surface area contributed by atoms with Gasteiger partial charge < -0.3 is 0 Å². The molecule has 0 radical (unpaired) electrons. The molecule has 0 spiro atoms. The number of rotatable bonds is 2. The van der Waals surface area contributed by atoms with Crippen LogP contribution in [0.25, 0.3) is 0 Å². The van der Waals surface area contributed by atoms with E-state index in [9.17, 15) is 0 Å². The molecule has 0 unspecified atom stereocenters. The minimum atomic E-state index is 0.608. The molecule has 0 N–H and O–H groups in total. The van der Waals surface area contributed by atoms with E-state index in [1.54, 1.807) is 0 Å². The fourth-order valence-corrected chi connectivity index (χ4v) is 1.76. The van der Waals surface area contributed by atoms with Crippen LogP contribution in [0.5, 0.6) is 0 Å². The van der Waals surface area contributed by atoms with E-state index in [1.807, 2.05) is 13.1 Å². The van der Waals surface area contributed by atoms with Gasteiger partial charge in [0, 0.05) is 26.2 Å². The van der Waals surface area contributed by atoms with Gasteiger partial charge in [-0.3, -0.25) is 9.89 Å². The summed E-state index contributed by atoms with van der Waals surface area (Å²) in [6, 6.07) is 0.608. The number of nitrogens with zero attached hydrogens (tertiary/aromatic N) is 2. The van der Waals surface area contributed by atoms with E-state index < -0.39 is 0 Å². The lowest BCUT2D eigenvalue weighted by atomic mass is 10.00. The molecule has 2 nitrogen and oxygen atoms in total. The second kappa shape index (κ2) is 5.11. The van der Waals surface area contributed by atoms with Crippen LogP contribution in [0.1, 0.15) is 20.3 Å². The zero-order chi connectivity index (χ0) is 10.6. The van der Waals surface area contributed by atoms with Crippen molar-refractivity contribution in [3.8, 4) is 0 Å². The van der Waals surface area contributed by atoms with Gasteiger partial charge in [-0.1, -0.05) is 18.7 Å². The molecule has 0 aromatic carbocycles. The molecular formula is C12H20N2. The molecule has 0 aromatic heterocycles. The third-order valence-corrected chi connectivity index (χ3v) is 2.71. The molecular weight excluding hydrogens is 172 g/mol. The van der Waals surface area contributed by atoms with Crippen molar-refractivity contribution in [2.24, 2.45) is 4.99 Å². The second-order valence-corrected chi connectivity index (χ2v) is 3.91. The highest BCUT2D eigenvalue weighted by atomic mass is 15.2. The Bertz CT molecular complexity index is 261. The summed E-state index contributed by atoms with van der Waals surface area (Å²) in [7, 11) is 1.87. The van der Waals surface area contributed by atoms with E-state index in [4.69, 9.17) is 0 Å². The number of likely N-dealkylation sites (tertiary alicyclic amines) is 1. The highest BCUT2D eigenvalue weighted by Gasteiger charge is 2.20. The van der Waals surface area contributed by atoms with Gasteiger partial charge in [-0.25, -0.2) is 0 Å². The normalized spacial score (nSPS) is 24.9. The van der Waals surface area contributed by atoms with Gasteiger partial charge in [-0.15, -0.1) is 0 Å². The largest absolute Gasteiger partial charge is 0.295 e. The van der Waals surface area contributed by atoms with Crippen LogP contribution >= 0.6 is 0 Å². The molecule has 0 saturated carbocycles. The van der Waals surface area contributed by atoms with Gasteiger partial charge in [-0.2, -0.15) is 0 Å². The predicted octanol–water partition coefficient (Wildman–Crippen LogP) is 2.28. The number of aliphatic imine (C=N–C) groups is 1. The average Bonchev–Trinajstić information content (AvgIpc) is 2.18. The molecule has 0 aromatic rings. The molecule has 78 valence electrons. The van der Waals surface area contributed by atoms with E-state index in [0.717, 1.165) is 19.5 Å². The van der Waals surface area contributed by atoms with E-state index in [1.165, 1.54) is 11.3 Å². The molecule has 2 heteroatoms. The first-order valence-corrected chi connectivity index (χ1v) is 5.20. The summed E-state index contributed by atoms with van der Waals surface area (Å²) in [4.78, 5) is 6.79. The highest BCUT2D eigenvalue weighted by Crippen LogP contribution is 2.16. The lowest BCUT2D eigenvalue weighted by molar-refractivity contribution is 0.249. The smallest absolute Gasteiger partial charge is 0.0517 e. The Morgan fingerprint density at radius 2 is 2.21 bits per heavy atom. The summed E-state index contributed by atoms with van der Waals surface area (Å²) < 4.78 is 0. The Morgan fingerprint density at radius 1 is 1.50 bits per heavy atom. The van der Waals surface area contributed by atoms with Crippen molar-refractivity contribution in [2.75, 3.05) is 20.1 Å². The van der Waals surface area contributed by atoms with Crippen LogP contribution in [0.4, 0.5) is 0 Å². The number of hydrogen-bond donors (Lipinski definition) is 0. The van der Waals surface area contributed by atoms with Crippen LogP contribution in [-0.2, 0) is 0 Å². The molecule has 1 aliphatic rings. The van der Waals surface area contributed by atoms with Gasteiger partial charge in [0.15, 0.2) is 0 Å². The van der Waals surface area contributed by atoms with Crippen LogP contribution in [0.15, 0.2) is 29.3 Å². The third kappa shape index (κ3) is 2.55. The summed E-state index contributed by atoms with van der Waals surface area (Å²) >= 11 is 0. The van der Waals surface area contributed by atoms with Crippen LogP contribution in [0, 0.1) is 0 Å². The molecule has 1 aliphatic heterocycles. The summed E-state index contributed by atoms with van der Waals surface area (Å²) in [5.41, 5.74) is 2.56. The Labute approximate surface area is 87.0 Å². The van der Waals surface area contributed by atoms with Crippen molar-refractivity contribution in [1.29, 1.82) is 0 Å². The monoisotopic (exact) mass is 192 g/mol. The summed E-state index contributed by atoms with van der Waals surface area (Å²) in [5, 5.41) is 0. The van der Waals surface area contributed by atoms with Crippen molar-refractivity contribution in [2.45, 2.75) is 26.3 Å². The lowest BCUT2D eigenvalue weighted by Crippen LogP contribution is -2.41. The summed E-state index contributed by atoms with van der Waals surface area (Å²) in [6.45, 7) is 10.3. The molecule has 0 atom stereocenters. The highest BCUT2D eigenvalue weighted by molar-refractivity contribution is 6.02. The quantitative estimate of drug-likeness (QED) is 0.655. The SMILES string of the molecule is C=C/C=C1/CCN(C(C)C)C/C1=N/C. The Hall–Kier alpha value is -0.890. The maximum Gasteiger partial charge on any atom is 0.0517 e. The number of piperidine rings is 1. The molecule has 0 aliphatic carbocycles. The van der Waals surface area contributed by atoms with Crippen molar-refractivity contribution in [3.05, 3.63) is 24.3 Å². The Morgan fingerprint density at radius 3 is 2.71 bits per heavy atom. The Balaban J connectivity index is 2.74. The van der Waals surface area contributed by atoms with Gasteiger partial charge in [0.2, 0.25) is 0 Å². The predicted molar refractivity (Wildman–Crippen MR) is 63.0 cm³/mol. The molecule has 1 heterocycles. The van der Waals surface area contributed by atoms with Crippen LogP contribution in [-0.4, -0.2) is 36.8 Å². The van der Waals surface area contributed by atoms with Crippen molar-refractivity contribution >= 4 is 5.71 Å². The molecule has 0 bridgehead atoms. The van der Waals surface area contributed by atoms with Gasteiger partial charge in [0.25, 0.3) is 0 Å². The molecule has 14 heavy (non-hydrogen) atoms. The molecule has 1 rings (SSSR count). The van der Waals surface area contributed by atoms with Crippen LogP contribution in [0.3, 0.4) is 0 Å². The zero-order valence-corrected chi connectivity index (χ0v) is 9.45. The lowest BCUT2D eigenvalue weighted by Gasteiger charge is -2.32. The maximum atomic E-state index is 4.34. The maximum absolute atomic E-state index is 4.34. The molecule has 1 saturated heterocycles. The standard InChI is InChI=1S/C12H20N2/c1-5-6-11-7-8-14(10(2)3)9-12(11)13-4/h5-6,10H,1,7-9H2,2-4H3/b11-6-,13-12-. The zero-order valence-electron chi connectivity index (χ0n) is 9.45. The number of hydrogen-bond acceptors (Lipinski definition) is 2. The van der Waals surface area contributed by atoms with E-state index >= 15 is 0 Å². The molecule has 0 amide bonds. The Kier molecular flexibility index (Phi) is 4.08. The fourth-order valence-electron chi connectivity index (χ4n) is 1.76. The van der Waals surface area contributed by atoms with Crippen molar-refractivity contribution in [3.63, 3.8) is 0 Å². The van der Waals surface area contributed by atoms with Gasteiger partial charge in [-0.05, 0) is 25.8 Å². The van der Waals surface area contributed by atoms with Crippen LogP contribution in [0.2, 0.25) is 0 Å². The van der Waals surface area contributed by atoms with E-state index in [2.05, 4.69) is 36.4 Å².